The van der Waals surface area contributed by atoms with Gasteiger partial charge in [-0.15, -0.1) is 0 Å². The first-order valence-electron chi connectivity index (χ1n) is 6.12. The van der Waals surface area contributed by atoms with E-state index >= 15 is 0 Å². The van der Waals surface area contributed by atoms with Gasteiger partial charge in [0.05, 0.1) is 0 Å². The Bertz CT molecular complexity index is 387. The van der Waals surface area contributed by atoms with Gasteiger partial charge in [0.1, 0.15) is 6.04 Å². The van der Waals surface area contributed by atoms with Gasteiger partial charge in [0, 0.05) is 0 Å². The smallest absolute Gasteiger partial charge is 0.306 e. The minimum atomic E-state index is -4.21. The Morgan fingerprint density at radius 1 is 1.11 bits per heavy atom. The van der Waals surface area contributed by atoms with Crippen molar-refractivity contribution in [1.29, 1.82) is 0 Å². The van der Waals surface area contributed by atoms with Gasteiger partial charge in [-0.2, -0.15) is 13.2 Å². The van der Waals surface area contributed by atoms with E-state index in [2.05, 4.69) is 5.32 Å². The van der Waals surface area contributed by atoms with Crippen molar-refractivity contribution in [1.82, 2.24) is 5.32 Å². The summed E-state index contributed by atoms with van der Waals surface area (Å²) >= 11 is 0. The quantitative estimate of drug-likeness (QED) is 0.869. The molecule has 0 radical (unpaired) electrons. The Hall–Kier alpha value is -1.03. The van der Waals surface area contributed by atoms with Gasteiger partial charge in [0.25, 0.3) is 0 Å². The number of benzene rings is 1. The van der Waals surface area contributed by atoms with Crippen LogP contribution in [0, 0.1) is 20.8 Å². The van der Waals surface area contributed by atoms with Gasteiger partial charge in [-0.05, 0) is 50.4 Å². The van der Waals surface area contributed by atoms with Crippen LogP contribution in [0.3, 0.4) is 0 Å². The first kappa shape index (κ1) is 15.0. The number of hydrogen-bond donors (Lipinski definition) is 1. The molecule has 1 aromatic carbocycles. The first-order chi connectivity index (χ1) is 8.25. The second kappa shape index (κ2) is 5.74. The Labute approximate surface area is 106 Å². The highest BCUT2D eigenvalue weighted by atomic mass is 19.4. The molecular weight excluding hydrogens is 239 g/mol. The summed E-state index contributed by atoms with van der Waals surface area (Å²) in [5.41, 5.74) is 3.74. The summed E-state index contributed by atoms with van der Waals surface area (Å²) < 4.78 is 38.6. The summed E-state index contributed by atoms with van der Waals surface area (Å²) in [4.78, 5) is 0. The Balaban J connectivity index is 3.01. The highest BCUT2D eigenvalue weighted by Gasteiger charge is 2.39. The molecule has 0 aliphatic heterocycles. The molecular formula is C14H20F3N. The summed E-state index contributed by atoms with van der Waals surface area (Å²) in [7, 11) is 0. The molecule has 1 unspecified atom stereocenters. The van der Waals surface area contributed by atoms with E-state index in [-0.39, 0.29) is 6.42 Å². The summed E-state index contributed by atoms with van der Waals surface area (Å²) in [6.45, 7) is 7.69. The lowest BCUT2D eigenvalue weighted by Gasteiger charge is -2.23. The standard InChI is InChI=1S/C14H20F3N/c1-5-18-13(14(15,16)17)8-12-10(3)6-9(2)7-11(12)4/h6-7,13,18H,5,8H2,1-4H3. The highest BCUT2D eigenvalue weighted by Crippen LogP contribution is 2.26. The molecule has 0 aliphatic rings. The summed E-state index contributed by atoms with van der Waals surface area (Å²) in [6, 6.07) is 2.39. The zero-order valence-corrected chi connectivity index (χ0v) is 11.3. The predicted molar refractivity (Wildman–Crippen MR) is 67.9 cm³/mol. The van der Waals surface area contributed by atoms with Gasteiger partial charge in [-0.3, -0.25) is 0 Å². The van der Waals surface area contributed by atoms with Crippen molar-refractivity contribution in [3.63, 3.8) is 0 Å². The number of hydrogen-bond acceptors (Lipinski definition) is 1. The van der Waals surface area contributed by atoms with Crippen LogP contribution < -0.4 is 5.32 Å². The maximum absolute atomic E-state index is 12.9. The van der Waals surface area contributed by atoms with Gasteiger partial charge >= 0.3 is 6.18 Å². The van der Waals surface area contributed by atoms with Gasteiger partial charge in [0.2, 0.25) is 0 Å². The molecule has 1 rings (SSSR count). The fourth-order valence-corrected chi connectivity index (χ4v) is 2.29. The molecule has 0 saturated heterocycles. The van der Waals surface area contributed by atoms with Crippen LogP contribution >= 0.6 is 0 Å². The van der Waals surface area contributed by atoms with Crippen LogP contribution in [0.15, 0.2) is 12.1 Å². The Kier molecular flexibility index (Phi) is 4.79. The lowest BCUT2D eigenvalue weighted by Crippen LogP contribution is -2.44. The van der Waals surface area contributed by atoms with E-state index in [1.54, 1.807) is 6.92 Å². The molecule has 0 spiro atoms. The van der Waals surface area contributed by atoms with Crippen LogP contribution in [0.1, 0.15) is 29.2 Å². The SMILES string of the molecule is CCNC(Cc1c(C)cc(C)cc1C)C(F)(F)F. The van der Waals surface area contributed by atoms with Gasteiger partial charge in [-0.25, -0.2) is 0 Å². The molecule has 102 valence electrons. The van der Waals surface area contributed by atoms with E-state index in [4.69, 9.17) is 0 Å². The topological polar surface area (TPSA) is 12.0 Å². The van der Waals surface area contributed by atoms with E-state index in [0.29, 0.717) is 6.54 Å². The fourth-order valence-electron chi connectivity index (χ4n) is 2.29. The van der Waals surface area contributed by atoms with Crippen molar-refractivity contribution >= 4 is 0 Å². The number of nitrogens with one attached hydrogen (secondary N) is 1. The molecule has 0 saturated carbocycles. The monoisotopic (exact) mass is 259 g/mol. The molecule has 0 amide bonds. The molecule has 1 nitrogen and oxygen atoms in total. The van der Waals surface area contributed by atoms with E-state index in [1.165, 1.54) is 0 Å². The molecule has 0 bridgehead atoms. The maximum Gasteiger partial charge on any atom is 0.404 e. The van der Waals surface area contributed by atoms with E-state index in [1.807, 2.05) is 32.9 Å². The molecule has 4 heteroatoms. The predicted octanol–water partition coefficient (Wildman–Crippen LogP) is 3.69. The van der Waals surface area contributed by atoms with Gasteiger partial charge in [0.15, 0.2) is 0 Å². The van der Waals surface area contributed by atoms with Crippen molar-refractivity contribution in [2.75, 3.05) is 6.54 Å². The lowest BCUT2D eigenvalue weighted by molar-refractivity contribution is -0.155. The number of rotatable bonds is 4. The summed E-state index contributed by atoms with van der Waals surface area (Å²) in [5.74, 6) is 0. The lowest BCUT2D eigenvalue weighted by atomic mass is 9.94. The Morgan fingerprint density at radius 2 is 1.61 bits per heavy atom. The fraction of sp³-hybridized carbons (Fsp3) is 0.571. The minimum Gasteiger partial charge on any atom is -0.306 e. The van der Waals surface area contributed by atoms with Crippen LogP contribution in [-0.4, -0.2) is 18.8 Å². The average molecular weight is 259 g/mol. The average Bonchev–Trinajstić information content (AvgIpc) is 2.19. The minimum absolute atomic E-state index is 0.00468. The molecule has 1 atom stereocenters. The molecule has 18 heavy (non-hydrogen) atoms. The number of aryl methyl sites for hydroxylation is 3. The van der Waals surface area contributed by atoms with Crippen molar-refractivity contribution in [3.05, 3.63) is 34.4 Å². The number of halogens is 3. The van der Waals surface area contributed by atoms with E-state index < -0.39 is 12.2 Å². The molecule has 1 aromatic rings. The van der Waals surface area contributed by atoms with Crippen LogP contribution in [0.4, 0.5) is 13.2 Å². The normalized spacial score (nSPS) is 13.7. The van der Waals surface area contributed by atoms with Crippen LogP contribution in [0.5, 0.6) is 0 Å². The second-order valence-electron chi connectivity index (χ2n) is 4.73. The van der Waals surface area contributed by atoms with E-state index in [9.17, 15) is 13.2 Å². The largest absolute Gasteiger partial charge is 0.404 e. The van der Waals surface area contributed by atoms with Crippen molar-refractivity contribution < 1.29 is 13.2 Å². The summed E-state index contributed by atoms with van der Waals surface area (Å²) in [5, 5.41) is 2.52. The zero-order chi connectivity index (χ0) is 13.9. The number of alkyl halides is 3. The van der Waals surface area contributed by atoms with Gasteiger partial charge in [-0.1, -0.05) is 24.6 Å². The molecule has 0 aromatic heterocycles. The zero-order valence-electron chi connectivity index (χ0n) is 11.3. The maximum atomic E-state index is 12.9. The number of likely N-dealkylation sites (N-methyl/N-ethyl adjacent to an activating group) is 1. The van der Waals surface area contributed by atoms with Crippen molar-refractivity contribution in [2.24, 2.45) is 0 Å². The first-order valence-corrected chi connectivity index (χ1v) is 6.12. The van der Waals surface area contributed by atoms with Crippen LogP contribution in [0.2, 0.25) is 0 Å². The molecule has 0 fully saturated rings. The summed E-state index contributed by atoms with van der Waals surface area (Å²) in [6.07, 6.45) is -4.21. The van der Waals surface area contributed by atoms with Crippen LogP contribution in [0.25, 0.3) is 0 Å². The molecule has 0 heterocycles. The van der Waals surface area contributed by atoms with Crippen LogP contribution in [-0.2, 0) is 6.42 Å². The van der Waals surface area contributed by atoms with E-state index in [0.717, 1.165) is 22.3 Å². The van der Waals surface area contributed by atoms with Crippen molar-refractivity contribution in [2.45, 2.75) is 46.3 Å². The molecule has 0 aliphatic carbocycles. The Morgan fingerprint density at radius 3 is 2.00 bits per heavy atom. The van der Waals surface area contributed by atoms with Gasteiger partial charge < -0.3 is 5.32 Å². The highest BCUT2D eigenvalue weighted by molar-refractivity contribution is 5.38. The second-order valence-corrected chi connectivity index (χ2v) is 4.73. The third kappa shape index (κ3) is 3.73. The third-order valence-corrected chi connectivity index (χ3v) is 3.09. The van der Waals surface area contributed by atoms with Crippen molar-refractivity contribution in [3.8, 4) is 0 Å². The molecule has 1 N–H and O–H groups in total. The third-order valence-electron chi connectivity index (χ3n) is 3.09.